The Kier molecular flexibility index (Phi) is 13.1. The third-order valence-corrected chi connectivity index (χ3v) is 14.4. The third kappa shape index (κ3) is 10.4. The fourth-order valence-corrected chi connectivity index (χ4v) is 10.7. The molecule has 16 heteroatoms. The van der Waals surface area contributed by atoms with Crippen LogP contribution in [0.1, 0.15) is 108 Å². The molecule has 12 nitrogen and oxygen atoms in total. The molecule has 4 atom stereocenters. The van der Waals surface area contributed by atoms with E-state index in [4.69, 9.17) is 19.9 Å². The van der Waals surface area contributed by atoms with E-state index in [0.717, 1.165) is 22.3 Å². The molecule has 8 aromatic rings. The number of thiazole rings is 4. The minimum Gasteiger partial charge on any atom is -0.341 e. The summed E-state index contributed by atoms with van der Waals surface area (Å²) in [5, 5.41) is 21.5. The average molecular weight is 921 g/mol. The predicted octanol–water partition coefficient (Wildman–Crippen LogP) is 8.68. The van der Waals surface area contributed by atoms with Gasteiger partial charge in [-0.15, -0.1) is 45.3 Å². The monoisotopic (exact) mass is 920 g/mol. The zero-order chi connectivity index (χ0) is 43.8. The lowest BCUT2D eigenvalue weighted by Gasteiger charge is -2.18. The van der Waals surface area contributed by atoms with Crippen LogP contribution in [0.15, 0.2) is 143 Å². The highest BCUT2D eigenvalue weighted by Crippen LogP contribution is 2.29. The van der Waals surface area contributed by atoms with E-state index in [1.54, 1.807) is 21.5 Å². The van der Waals surface area contributed by atoms with Crippen molar-refractivity contribution >= 4 is 69.0 Å². The molecule has 1 aliphatic rings. The first-order valence-corrected chi connectivity index (χ1v) is 24.0. The average Bonchev–Trinajstić information content (AvgIpc) is 4.17. The molecule has 0 radical (unpaired) electrons. The van der Waals surface area contributed by atoms with Crippen molar-refractivity contribution in [2.45, 2.75) is 49.9 Å². The summed E-state index contributed by atoms with van der Waals surface area (Å²) in [5.74, 6) is -1.66. The van der Waals surface area contributed by atoms with Gasteiger partial charge in [0.1, 0.15) is 42.8 Å². The van der Waals surface area contributed by atoms with E-state index in [1.807, 2.05) is 121 Å². The minimum absolute atomic E-state index is 0.191. The summed E-state index contributed by atoms with van der Waals surface area (Å²) >= 11 is 5.12. The van der Waals surface area contributed by atoms with Crippen LogP contribution >= 0.6 is 45.3 Å². The van der Waals surface area contributed by atoms with Crippen LogP contribution in [0.4, 0.5) is 0 Å². The van der Waals surface area contributed by atoms with Gasteiger partial charge in [-0.05, 0) is 47.9 Å². The van der Waals surface area contributed by atoms with Gasteiger partial charge in [0.25, 0.3) is 23.6 Å². The molecule has 0 saturated heterocycles. The molecule has 0 fully saturated rings. The van der Waals surface area contributed by atoms with Crippen molar-refractivity contribution in [3.8, 4) is 0 Å². The SMILES string of the molecule is O=C1N[C@@H](Cc2ccccc2)c2nc(cs2)C(=O)N[C@H](Cc2ccccc2)c2nc(cs2)C(=O)N[C@@H](Cc2ccccc2)c2nc(cs2)C(=O)N[C@H](Cc2ccccc2)c2nc1cs2. The Labute approximate surface area is 384 Å². The Hall–Kier alpha value is -6.72. The van der Waals surface area contributed by atoms with E-state index in [1.165, 1.54) is 45.3 Å². The van der Waals surface area contributed by atoms with Crippen molar-refractivity contribution in [3.05, 3.63) is 208 Å². The van der Waals surface area contributed by atoms with Crippen LogP contribution in [-0.2, 0) is 25.7 Å². The van der Waals surface area contributed by atoms with Gasteiger partial charge in [0.15, 0.2) is 0 Å². The zero-order valence-electron chi connectivity index (χ0n) is 34.0. The van der Waals surface area contributed by atoms with Crippen LogP contribution in [0, 0.1) is 0 Å². The standard InChI is InChI=1S/C48H40N8O4S4/c57-41-37-26-62-46(54-37)34(22-30-15-7-2-8-16-30)51-43(59)39-28-64-48(56-39)36(24-32-19-11-4-12-20-32)52-44(60)40-27-63-47(55-40)35(23-31-17-9-3-10-18-31)50-42(58)38-25-61-45(53-38)33(49-41)21-29-13-5-1-6-14-29/h1-20,25-28,33-36H,21-24H2,(H,49,57)(H,50,58)(H,51,59)(H,52,60)/t33-,34+,35+,36-. The lowest BCUT2D eigenvalue weighted by molar-refractivity contribution is 0.0923. The van der Waals surface area contributed by atoms with Gasteiger partial charge in [0.2, 0.25) is 0 Å². The molecular formula is C48H40N8O4S4. The Morgan fingerprint density at radius 3 is 0.734 bits per heavy atom. The van der Waals surface area contributed by atoms with Crippen LogP contribution < -0.4 is 21.3 Å². The van der Waals surface area contributed by atoms with Crippen LogP contribution in [0.5, 0.6) is 0 Å². The van der Waals surface area contributed by atoms with Crippen molar-refractivity contribution in [1.82, 2.24) is 41.2 Å². The smallest absolute Gasteiger partial charge is 0.271 e. The molecule has 5 heterocycles. The molecule has 0 saturated carbocycles. The summed E-state index contributed by atoms with van der Waals surface area (Å²) in [4.78, 5) is 75.5. The number of hydrogen-bond donors (Lipinski definition) is 4. The number of fused-ring (bicyclic) bond motifs is 8. The second-order valence-corrected chi connectivity index (χ2v) is 18.7. The Balaban J connectivity index is 1.09. The van der Waals surface area contributed by atoms with Gasteiger partial charge >= 0.3 is 0 Å². The third-order valence-electron chi connectivity index (χ3n) is 10.6. The normalized spacial score (nSPS) is 18.2. The maximum atomic E-state index is 14.1. The highest BCUT2D eigenvalue weighted by Gasteiger charge is 2.29. The van der Waals surface area contributed by atoms with Gasteiger partial charge in [-0.1, -0.05) is 121 Å². The number of carbonyl (C=O) groups excluding carboxylic acids is 4. The maximum absolute atomic E-state index is 14.1. The van der Waals surface area contributed by atoms with Gasteiger partial charge in [-0.3, -0.25) is 19.2 Å². The number of nitrogens with one attached hydrogen (secondary N) is 4. The molecule has 9 rings (SSSR count). The summed E-state index contributed by atoms with van der Waals surface area (Å²) in [5.41, 5.74) is 4.63. The number of aromatic nitrogens is 4. The summed E-state index contributed by atoms with van der Waals surface area (Å²) in [6, 6.07) is 36.6. The van der Waals surface area contributed by atoms with Crippen molar-refractivity contribution in [3.63, 3.8) is 0 Å². The molecule has 4 aromatic heterocycles. The largest absolute Gasteiger partial charge is 0.341 e. The second kappa shape index (κ2) is 19.8. The Morgan fingerprint density at radius 2 is 0.531 bits per heavy atom. The van der Waals surface area contributed by atoms with Gasteiger partial charge in [-0.2, -0.15) is 0 Å². The summed E-state index contributed by atoms with van der Waals surface area (Å²) in [7, 11) is 0. The molecule has 8 bridgehead atoms. The predicted molar refractivity (Wildman–Crippen MR) is 250 cm³/mol. The highest BCUT2D eigenvalue weighted by molar-refractivity contribution is 7.10. The summed E-state index contributed by atoms with van der Waals surface area (Å²) in [6.45, 7) is 0. The lowest BCUT2D eigenvalue weighted by Crippen LogP contribution is -2.33. The number of benzene rings is 4. The fraction of sp³-hybridized carbons (Fsp3) is 0.167. The Morgan fingerprint density at radius 1 is 0.328 bits per heavy atom. The summed E-state index contributed by atoms with van der Waals surface area (Å²) in [6.07, 6.45) is 1.64. The molecule has 64 heavy (non-hydrogen) atoms. The molecule has 320 valence electrons. The molecule has 0 spiro atoms. The van der Waals surface area contributed by atoms with E-state index >= 15 is 0 Å². The molecular weight excluding hydrogens is 881 g/mol. The minimum atomic E-state index is -0.596. The first-order chi connectivity index (χ1) is 31.3. The van der Waals surface area contributed by atoms with Crippen molar-refractivity contribution in [2.24, 2.45) is 0 Å². The zero-order valence-corrected chi connectivity index (χ0v) is 37.3. The Bertz CT molecular complexity index is 2470. The van der Waals surface area contributed by atoms with E-state index in [0.29, 0.717) is 45.7 Å². The van der Waals surface area contributed by atoms with Crippen LogP contribution in [-0.4, -0.2) is 43.6 Å². The lowest BCUT2D eigenvalue weighted by atomic mass is 10.1. The van der Waals surface area contributed by atoms with E-state index in [9.17, 15) is 19.2 Å². The van der Waals surface area contributed by atoms with Crippen LogP contribution in [0.25, 0.3) is 0 Å². The quantitative estimate of drug-likeness (QED) is 0.117. The topological polar surface area (TPSA) is 168 Å². The van der Waals surface area contributed by atoms with E-state index < -0.39 is 47.8 Å². The van der Waals surface area contributed by atoms with E-state index in [-0.39, 0.29) is 22.8 Å². The fourth-order valence-electron chi connectivity index (χ4n) is 7.34. The number of carbonyl (C=O) groups is 4. The van der Waals surface area contributed by atoms with Gasteiger partial charge in [-0.25, -0.2) is 19.9 Å². The van der Waals surface area contributed by atoms with Gasteiger partial charge in [0, 0.05) is 21.5 Å². The number of rotatable bonds is 8. The van der Waals surface area contributed by atoms with Crippen LogP contribution in [0.2, 0.25) is 0 Å². The van der Waals surface area contributed by atoms with Gasteiger partial charge < -0.3 is 21.3 Å². The molecule has 4 amide bonds. The van der Waals surface area contributed by atoms with Gasteiger partial charge in [0.05, 0.1) is 24.2 Å². The molecule has 1 aliphatic heterocycles. The first-order valence-electron chi connectivity index (χ1n) is 20.5. The van der Waals surface area contributed by atoms with Crippen molar-refractivity contribution in [1.29, 1.82) is 0 Å². The van der Waals surface area contributed by atoms with Crippen molar-refractivity contribution < 1.29 is 19.2 Å². The van der Waals surface area contributed by atoms with E-state index in [2.05, 4.69) is 21.3 Å². The number of nitrogens with zero attached hydrogens (tertiary/aromatic N) is 4. The number of amides is 4. The number of hydrogen-bond acceptors (Lipinski definition) is 12. The van der Waals surface area contributed by atoms with Crippen LogP contribution in [0.3, 0.4) is 0 Å². The van der Waals surface area contributed by atoms with Crippen molar-refractivity contribution in [2.75, 3.05) is 0 Å². The first kappa shape index (κ1) is 42.6. The highest BCUT2D eigenvalue weighted by atomic mass is 32.1. The molecule has 0 unspecified atom stereocenters. The maximum Gasteiger partial charge on any atom is 0.271 e. The molecule has 4 aromatic carbocycles. The second-order valence-electron chi connectivity index (χ2n) is 15.1. The summed E-state index contributed by atoms with van der Waals surface area (Å²) < 4.78 is 0. The molecule has 4 N–H and O–H groups in total. The molecule has 0 aliphatic carbocycles.